The van der Waals surface area contributed by atoms with Crippen LogP contribution in [0.25, 0.3) is 0 Å². The van der Waals surface area contributed by atoms with Crippen LogP contribution in [0.3, 0.4) is 0 Å². The first kappa shape index (κ1) is 15.8. The minimum atomic E-state index is -0.488. The average Bonchev–Trinajstić information content (AvgIpc) is 2.51. The van der Waals surface area contributed by atoms with Gasteiger partial charge in [-0.15, -0.1) is 0 Å². The van der Waals surface area contributed by atoms with Crippen LogP contribution < -0.4 is 20.3 Å². The molecule has 0 unspecified atom stereocenters. The van der Waals surface area contributed by atoms with E-state index in [1.807, 2.05) is 0 Å². The zero-order valence-electron chi connectivity index (χ0n) is 12.2. The van der Waals surface area contributed by atoms with Crippen LogP contribution in [0, 0.1) is 0 Å². The molecule has 1 heterocycles. The summed E-state index contributed by atoms with van der Waals surface area (Å²) in [6, 6.07) is 5.68. The van der Waals surface area contributed by atoms with Gasteiger partial charge in [-0.3, -0.25) is 9.59 Å². The van der Waals surface area contributed by atoms with Crippen LogP contribution in [0.1, 0.15) is 10.5 Å². The van der Waals surface area contributed by atoms with Gasteiger partial charge in [-0.1, -0.05) is 11.6 Å². The molecule has 2 rings (SSSR count). The Morgan fingerprint density at radius 2 is 1.91 bits per heavy atom. The number of nitrogens with zero attached hydrogens (tertiary/aromatic N) is 2. The van der Waals surface area contributed by atoms with Crippen LogP contribution in [-0.2, 0) is 7.05 Å². The highest BCUT2D eigenvalue weighted by molar-refractivity contribution is 6.32. The van der Waals surface area contributed by atoms with Crippen molar-refractivity contribution in [2.75, 3.05) is 19.5 Å². The summed E-state index contributed by atoms with van der Waals surface area (Å²) < 4.78 is 11.4. The number of rotatable bonds is 4. The average molecular weight is 324 g/mol. The second-order valence-electron chi connectivity index (χ2n) is 4.32. The standard InChI is InChI=1S/C14H14ClN3O4/c1-18-13(19)5-4-9(17-18)14(20)16-10-7-11(21-2)8(15)6-12(10)22-3/h4-7H,1-3H3,(H,16,20). The highest BCUT2D eigenvalue weighted by Crippen LogP contribution is 2.35. The molecular weight excluding hydrogens is 310 g/mol. The molecule has 8 heteroatoms. The molecule has 1 aromatic carbocycles. The Hall–Kier alpha value is -2.54. The van der Waals surface area contributed by atoms with Crippen LogP contribution >= 0.6 is 11.6 Å². The number of aromatic nitrogens is 2. The molecule has 1 aromatic heterocycles. The summed E-state index contributed by atoms with van der Waals surface area (Å²) in [6.45, 7) is 0. The molecule has 22 heavy (non-hydrogen) atoms. The van der Waals surface area contributed by atoms with Crippen LogP contribution in [0.15, 0.2) is 29.1 Å². The van der Waals surface area contributed by atoms with E-state index in [1.54, 1.807) is 6.07 Å². The van der Waals surface area contributed by atoms with Crippen LogP contribution in [0.4, 0.5) is 5.69 Å². The van der Waals surface area contributed by atoms with Crippen molar-refractivity contribution < 1.29 is 14.3 Å². The summed E-state index contributed by atoms with van der Waals surface area (Å²) in [6.07, 6.45) is 0. The molecule has 2 aromatic rings. The van der Waals surface area contributed by atoms with Crippen molar-refractivity contribution >= 4 is 23.2 Å². The maximum Gasteiger partial charge on any atom is 0.276 e. The summed E-state index contributed by atoms with van der Waals surface area (Å²) in [7, 11) is 4.39. The van der Waals surface area contributed by atoms with Gasteiger partial charge in [0.1, 0.15) is 17.2 Å². The number of carbonyl (C=O) groups excluding carboxylic acids is 1. The quantitative estimate of drug-likeness (QED) is 0.926. The minimum Gasteiger partial charge on any atom is -0.495 e. The number of halogens is 1. The van der Waals surface area contributed by atoms with Crippen LogP contribution in [0.5, 0.6) is 11.5 Å². The smallest absolute Gasteiger partial charge is 0.276 e. The van der Waals surface area contributed by atoms with Gasteiger partial charge in [-0.05, 0) is 6.07 Å². The molecule has 1 amide bonds. The Morgan fingerprint density at radius 3 is 2.50 bits per heavy atom. The topological polar surface area (TPSA) is 82.5 Å². The van der Waals surface area contributed by atoms with Gasteiger partial charge < -0.3 is 14.8 Å². The predicted octanol–water partition coefficient (Wildman–Crippen LogP) is 1.70. The first-order valence-corrected chi connectivity index (χ1v) is 6.61. The van der Waals surface area contributed by atoms with Crippen molar-refractivity contribution in [1.29, 1.82) is 0 Å². The molecule has 0 aliphatic rings. The zero-order chi connectivity index (χ0) is 16.3. The Bertz CT molecular complexity index is 773. The van der Waals surface area contributed by atoms with Crippen molar-refractivity contribution in [3.8, 4) is 11.5 Å². The van der Waals surface area contributed by atoms with Gasteiger partial charge in [-0.2, -0.15) is 5.10 Å². The lowest BCUT2D eigenvalue weighted by molar-refractivity contribution is 0.101. The van der Waals surface area contributed by atoms with Crippen molar-refractivity contribution in [3.05, 3.63) is 45.3 Å². The summed E-state index contributed by atoms with van der Waals surface area (Å²) in [5.41, 5.74) is 0.171. The van der Waals surface area contributed by atoms with Crippen molar-refractivity contribution in [1.82, 2.24) is 9.78 Å². The molecule has 0 saturated carbocycles. The highest BCUT2D eigenvalue weighted by atomic mass is 35.5. The molecule has 0 aliphatic carbocycles. The lowest BCUT2D eigenvalue weighted by Crippen LogP contribution is -2.23. The third-order valence-corrected chi connectivity index (χ3v) is 3.21. The summed E-state index contributed by atoms with van der Waals surface area (Å²) in [4.78, 5) is 23.5. The number of anilines is 1. The van der Waals surface area contributed by atoms with E-state index < -0.39 is 5.91 Å². The van der Waals surface area contributed by atoms with Crippen LogP contribution in [-0.4, -0.2) is 29.9 Å². The Morgan fingerprint density at radius 1 is 1.23 bits per heavy atom. The largest absolute Gasteiger partial charge is 0.495 e. The van der Waals surface area contributed by atoms with Gasteiger partial charge in [0.05, 0.1) is 24.9 Å². The number of ether oxygens (including phenoxy) is 2. The molecule has 0 bridgehead atoms. The van der Waals surface area contributed by atoms with E-state index in [0.717, 1.165) is 4.68 Å². The van der Waals surface area contributed by atoms with E-state index in [4.69, 9.17) is 21.1 Å². The fourth-order valence-corrected chi connectivity index (χ4v) is 2.00. The number of hydrogen-bond acceptors (Lipinski definition) is 5. The highest BCUT2D eigenvalue weighted by Gasteiger charge is 2.15. The summed E-state index contributed by atoms with van der Waals surface area (Å²) in [5.74, 6) is 0.286. The molecule has 116 valence electrons. The molecular formula is C14H14ClN3O4. The number of amides is 1. The van der Waals surface area contributed by atoms with Crippen LogP contribution in [0.2, 0.25) is 5.02 Å². The van der Waals surface area contributed by atoms with Crippen molar-refractivity contribution in [2.45, 2.75) is 0 Å². The maximum absolute atomic E-state index is 12.2. The van der Waals surface area contributed by atoms with Gasteiger partial charge in [-0.25, -0.2) is 4.68 Å². The lowest BCUT2D eigenvalue weighted by Gasteiger charge is -2.13. The summed E-state index contributed by atoms with van der Waals surface area (Å²) >= 11 is 6.00. The molecule has 0 saturated heterocycles. The second-order valence-corrected chi connectivity index (χ2v) is 4.73. The molecule has 0 spiro atoms. The molecule has 7 nitrogen and oxygen atoms in total. The fraction of sp³-hybridized carbons (Fsp3) is 0.214. The van der Waals surface area contributed by atoms with Crippen molar-refractivity contribution in [2.24, 2.45) is 7.05 Å². The number of methoxy groups -OCH3 is 2. The van der Waals surface area contributed by atoms with E-state index in [2.05, 4.69) is 10.4 Å². The second kappa shape index (κ2) is 6.48. The lowest BCUT2D eigenvalue weighted by atomic mass is 10.2. The number of nitrogens with one attached hydrogen (secondary N) is 1. The minimum absolute atomic E-state index is 0.0954. The van der Waals surface area contributed by atoms with E-state index >= 15 is 0 Å². The Balaban J connectivity index is 2.34. The zero-order valence-corrected chi connectivity index (χ0v) is 13.0. The van der Waals surface area contributed by atoms with Gasteiger partial charge in [0, 0.05) is 25.2 Å². The molecule has 0 fully saturated rings. The Labute approximate surface area is 131 Å². The number of aryl methyl sites for hydroxylation is 1. The maximum atomic E-state index is 12.2. The van der Waals surface area contributed by atoms with E-state index in [-0.39, 0.29) is 11.3 Å². The fourth-order valence-electron chi connectivity index (χ4n) is 1.77. The number of hydrogen-bond donors (Lipinski definition) is 1. The Kier molecular flexibility index (Phi) is 4.67. The van der Waals surface area contributed by atoms with E-state index in [9.17, 15) is 9.59 Å². The first-order valence-electron chi connectivity index (χ1n) is 6.23. The number of carbonyl (C=O) groups is 1. The molecule has 0 atom stereocenters. The van der Waals surface area contributed by atoms with Gasteiger partial charge in [0.2, 0.25) is 0 Å². The van der Waals surface area contributed by atoms with Gasteiger partial charge in [0.25, 0.3) is 11.5 Å². The normalized spacial score (nSPS) is 10.2. The molecule has 1 N–H and O–H groups in total. The van der Waals surface area contributed by atoms with E-state index in [1.165, 1.54) is 39.5 Å². The third-order valence-electron chi connectivity index (χ3n) is 2.92. The number of benzene rings is 1. The third kappa shape index (κ3) is 3.20. The van der Waals surface area contributed by atoms with Gasteiger partial charge >= 0.3 is 0 Å². The monoisotopic (exact) mass is 323 g/mol. The predicted molar refractivity (Wildman–Crippen MR) is 82.0 cm³/mol. The molecule has 0 radical (unpaired) electrons. The summed E-state index contributed by atoms with van der Waals surface area (Å²) in [5, 5.41) is 6.88. The van der Waals surface area contributed by atoms with E-state index in [0.29, 0.717) is 22.2 Å². The first-order chi connectivity index (χ1) is 10.5. The van der Waals surface area contributed by atoms with Crippen molar-refractivity contribution in [3.63, 3.8) is 0 Å². The molecule has 0 aliphatic heterocycles. The SMILES string of the molecule is COc1cc(NC(=O)c2ccc(=O)n(C)n2)c(OC)cc1Cl. The van der Waals surface area contributed by atoms with Gasteiger partial charge in [0.15, 0.2) is 0 Å².